The molecule has 0 aromatic carbocycles. The first-order chi connectivity index (χ1) is 8.38. The smallest absolute Gasteiger partial charge is 0.137 e. The van der Waals surface area contributed by atoms with Gasteiger partial charge in [0.2, 0.25) is 0 Å². The molecule has 90 valence electrons. The summed E-state index contributed by atoms with van der Waals surface area (Å²) in [6.45, 7) is 1.13. The van der Waals surface area contributed by atoms with E-state index in [1.807, 2.05) is 6.20 Å². The summed E-state index contributed by atoms with van der Waals surface area (Å²) in [7, 11) is 1.69. The van der Waals surface area contributed by atoms with Gasteiger partial charge >= 0.3 is 0 Å². The summed E-state index contributed by atoms with van der Waals surface area (Å²) in [6.07, 6.45) is 9.90. The third kappa shape index (κ3) is 1.95. The van der Waals surface area contributed by atoms with Crippen LogP contribution < -0.4 is 10.1 Å². The Balaban J connectivity index is 1.88. The predicted molar refractivity (Wildman–Crippen MR) is 67.9 cm³/mol. The van der Waals surface area contributed by atoms with Crippen molar-refractivity contribution in [3.8, 4) is 5.75 Å². The largest absolute Gasteiger partial charge is 0.495 e. The summed E-state index contributed by atoms with van der Waals surface area (Å²) < 4.78 is 5.24. The van der Waals surface area contributed by atoms with E-state index in [2.05, 4.69) is 22.4 Å². The lowest BCUT2D eigenvalue weighted by molar-refractivity contribution is 0.345. The molecule has 3 heteroatoms. The van der Waals surface area contributed by atoms with Crippen molar-refractivity contribution in [1.82, 2.24) is 10.3 Å². The van der Waals surface area contributed by atoms with Crippen LogP contribution in [0.25, 0.3) is 5.57 Å². The van der Waals surface area contributed by atoms with Crippen LogP contribution in [0.15, 0.2) is 24.5 Å². The number of rotatable bonds is 2. The molecule has 17 heavy (non-hydrogen) atoms. The molecule has 2 atom stereocenters. The minimum Gasteiger partial charge on any atom is -0.495 e. The quantitative estimate of drug-likeness (QED) is 0.846. The number of fused-ring (bicyclic) bond motifs is 1. The van der Waals surface area contributed by atoms with Gasteiger partial charge in [-0.15, -0.1) is 0 Å². The van der Waals surface area contributed by atoms with Crippen molar-refractivity contribution in [3.05, 3.63) is 30.1 Å². The van der Waals surface area contributed by atoms with Gasteiger partial charge in [0, 0.05) is 17.8 Å². The highest BCUT2D eigenvalue weighted by atomic mass is 16.5. The molecule has 0 spiro atoms. The Labute approximate surface area is 102 Å². The van der Waals surface area contributed by atoms with Crippen LogP contribution in [0.2, 0.25) is 0 Å². The average Bonchev–Trinajstić information content (AvgIpc) is 2.82. The molecule has 1 aliphatic carbocycles. The van der Waals surface area contributed by atoms with Crippen molar-refractivity contribution in [2.24, 2.45) is 5.92 Å². The number of ether oxygens (including phenoxy) is 1. The fraction of sp³-hybridized carbons (Fsp3) is 0.500. The normalized spacial score (nSPS) is 27.5. The Morgan fingerprint density at radius 2 is 2.35 bits per heavy atom. The third-order valence-corrected chi connectivity index (χ3v) is 3.85. The molecule has 1 aliphatic heterocycles. The van der Waals surface area contributed by atoms with Crippen LogP contribution in [0.4, 0.5) is 0 Å². The average molecular weight is 230 g/mol. The van der Waals surface area contributed by atoms with Gasteiger partial charge in [0.25, 0.3) is 0 Å². The highest BCUT2D eigenvalue weighted by Gasteiger charge is 2.32. The molecule has 0 saturated carbocycles. The van der Waals surface area contributed by atoms with Gasteiger partial charge in [-0.2, -0.15) is 0 Å². The van der Waals surface area contributed by atoms with E-state index in [0.717, 1.165) is 18.2 Å². The van der Waals surface area contributed by atoms with Gasteiger partial charge in [-0.1, -0.05) is 6.08 Å². The Morgan fingerprint density at radius 3 is 3.24 bits per heavy atom. The van der Waals surface area contributed by atoms with Crippen molar-refractivity contribution in [2.75, 3.05) is 13.7 Å². The summed E-state index contributed by atoms with van der Waals surface area (Å²) in [6, 6.07) is 2.61. The molecule has 2 aliphatic rings. The van der Waals surface area contributed by atoms with Crippen LogP contribution in [-0.4, -0.2) is 24.7 Å². The number of aromatic nitrogens is 1. The van der Waals surface area contributed by atoms with Gasteiger partial charge in [0.1, 0.15) is 5.75 Å². The maximum absolute atomic E-state index is 5.24. The molecule has 0 radical (unpaired) electrons. The fourth-order valence-electron chi connectivity index (χ4n) is 2.96. The van der Waals surface area contributed by atoms with E-state index in [-0.39, 0.29) is 0 Å². The molecule has 1 aromatic rings. The number of hydrogen-bond acceptors (Lipinski definition) is 3. The minimum absolute atomic E-state index is 0.526. The maximum Gasteiger partial charge on any atom is 0.137 e. The summed E-state index contributed by atoms with van der Waals surface area (Å²) in [5, 5.41) is 3.63. The van der Waals surface area contributed by atoms with Crippen molar-refractivity contribution in [2.45, 2.75) is 25.3 Å². The van der Waals surface area contributed by atoms with Crippen molar-refractivity contribution in [3.63, 3.8) is 0 Å². The highest BCUT2D eigenvalue weighted by molar-refractivity contribution is 5.72. The SMILES string of the molecule is COc1cncc(C2=CC[C@@H]3CCCN[C@H]23)c1. The van der Waals surface area contributed by atoms with E-state index in [0.29, 0.717) is 6.04 Å². The monoisotopic (exact) mass is 230 g/mol. The van der Waals surface area contributed by atoms with Crippen LogP contribution in [0.5, 0.6) is 5.75 Å². The molecule has 1 N–H and O–H groups in total. The van der Waals surface area contributed by atoms with Crippen LogP contribution in [0, 0.1) is 5.92 Å². The molecule has 1 saturated heterocycles. The molecular weight excluding hydrogens is 212 g/mol. The molecule has 0 unspecified atom stereocenters. The zero-order chi connectivity index (χ0) is 11.7. The van der Waals surface area contributed by atoms with E-state index in [1.54, 1.807) is 13.3 Å². The minimum atomic E-state index is 0.526. The summed E-state index contributed by atoms with van der Waals surface area (Å²) >= 11 is 0. The van der Waals surface area contributed by atoms with Crippen LogP contribution in [0.3, 0.4) is 0 Å². The van der Waals surface area contributed by atoms with Crippen LogP contribution >= 0.6 is 0 Å². The lowest BCUT2D eigenvalue weighted by Gasteiger charge is -2.29. The number of nitrogens with zero attached hydrogens (tertiary/aromatic N) is 1. The molecule has 3 rings (SSSR count). The standard InChI is InChI=1S/C14H18N2O/c1-17-12-7-11(8-15-9-12)13-5-4-10-3-2-6-16-14(10)13/h5,7-10,14,16H,2-4,6H2,1H3/t10-,14-/m0/s1. The Kier molecular flexibility index (Phi) is 2.85. The van der Waals surface area contributed by atoms with Crippen LogP contribution in [0.1, 0.15) is 24.8 Å². The van der Waals surface area contributed by atoms with Crippen molar-refractivity contribution in [1.29, 1.82) is 0 Å². The number of methoxy groups -OCH3 is 1. The lowest BCUT2D eigenvalue weighted by Crippen LogP contribution is -2.39. The summed E-state index contributed by atoms with van der Waals surface area (Å²) in [5.41, 5.74) is 2.60. The van der Waals surface area contributed by atoms with Gasteiger partial charge in [-0.25, -0.2) is 0 Å². The number of nitrogens with one attached hydrogen (secondary N) is 1. The molecule has 1 fully saturated rings. The van der Waals surface area contributed by atoms with Gasteiger partial charge in [0.05, 0.1) is 13.3 Å². The highest BCUT2D eigenvalue weighted by Crippen LogP contribution is 2.37. The van der Waals surface area contributed by atoms with E-state index in [9.17, 15) is 0 Å². The van der Waals surface area contributed by atoms with Crippen molar-refractivity contribution < 1.29 is 4.74 Å². The molecule has 0 amide bonds. The van der Waals surface area contributed by atoms with E-state index >= 15 is 0 Å². The predicted octanol–water partition coefficient (Wildman–Crippen LogP) is 2.25. The van der Waals surface area contributed by atoms with E-state index in [4.69, 9.17) is 4.74 Å². The molecule has 3 nitrogen and oxygen atoms in total. The Morgan fingerprint density at radius 1 is 1.41 bits per heavy atom. The Bertz CT molecular complexity index is 442. The zero-order valence-corrected chi connectivity index (χ0v) is 10.1. The maximum atomic E-state index is 5.24. The first-order valence-corrected chi connectivity index (χ1v) is 6.31. The third-order valence-electron chi connectivity index (χ3n) is 3.85. The second kappa shape index (κ2) is 4.49. The zero-order valence-electron chi connectivity index (χ0n) is 10.1. The second-order valence-electron chi connectivity index (χ2n) is 4.84. The van der Waals surface area contributed by atoms with Crippen molar-refractivity contribution >= 4 is 5.57 Å². The van der Waals surface area contributed by atoms with E-state index in [1.165, 1.54) is 30.4 Å². The molecule has 0 bridgehead atoms. The summed E-state index contributed by atoms with van der Waals surface area (Å²) in [5.74, 6) is 1.62. The topological polar surface area (TPSA) is 34.1 Å². The lowest BCUT2D eigenvalue weighted by atomic mass is 9.89. The first kappa shape index (κ1) is 10.8. The first-order valence-electron chi connectivity index (χ1n) is 6.31. The number of pyridine rings is 1. The Hall–Kier alpha value is -1.35. The molecule has 1 aromatic heterocycles. The number of piperidine rings is 1. The molecule has 2 heterocycles. The molecular formula is C14H18N2O. The van der Waals surface area contributed by atoms with Gasteiger partial charge in [-0.05, 0) is 43.4 Å². The van der Waals surface area contributed by atoms with Gasteiger partial charge < -0.3 is 10.1 Å². The van der Waals surface area contributed by atoms with Crippen LogP contribution in [-0.2, 0) is 0 Å². The second-order valence-corrected chi connectivity index (χ2v) is 4.84. The number of allylic oxidation sites excluding steroid dienone is 1. The van der Waals surface area contributed by atoms with Gasteiger partial charge in [-0.3, -0.25) is 4.98 Å². The van der Waals surface area contributed by atoms with Gasteiger partial charge in [0.15, 0.2) is 0 Å². The number of hydrogen-bond donors (Lipinski definition) is 1. The summed E-state index contributed by atoms with van der Waals surface area (Å²) in [4.78, 5) is 4.24. The fourth-order valence-corrected chi connectivity index (χ4v) is 2.96. The van der Waals surface area contributed by atoms with E-state index < -0.39 is 0 Å².